The lowest BCUT2D eigenvalue weighted by atomic mass is 9.56. The summed E-state index contributed by atoms with van der Waals surface area (Å²) in [5.74, 6) is 4.20. The molecule has 5 aliphatic rings. The number of β-amino-alcohol motifs (C(OH)–C–C–N with tert-alkyl or cyclic N) is 1. The first-order valence-corrected chi connectivity index (χ1v) is 26.3. The molecule has 388 valence electrons. The number of phenolic OH excluding ortho intramolecular Hbond substituents is 1. The number of aromatic nitrogens is 4. The van der Waals surface area contributed by atoms with Gasteiger partial charge in [-0.1, -0.05) is 44.9 Å². The monoisotopic (exact) mass is 996 g/mol. The number of ether oxygens (including phenoxy) is 1. The second-order valence-corrected chi connectivity index (χ2v) is 22.0. The first-order chi connectivity index (χ1) is 35.1. The second kappa shape index (κ2) is 21.9. The van der Waals surface area contributed by atoms with E-state index in [1.807, 2.05) is 58.3 Å². The molecule has 0 radical (unpaired) electrons. The van der Waals surface area contributed by atoms with Crippen LogP contribution in [-0.2, 0) is 20.9 Å². The van der Waals surface area contributed by atoms with Crippen LogP contribution in [0.3, 0.4) is 0 Å². The predicted molar refractivity (Wildman–Crippen MR) is 281 cm³/mol. The number of methoxy groups -OCH3 is 1. The van der Waals surface area contributed by atoms with Gasteiger partial charge in [0.1, 0.15) is 23.6 Å². The molecule has 0 bridgehead atoms. The number of hydrogen-bond donors (Lipinski definition) is 5. The second-order valence-electron chi connectivity index (χ2n) is 22.0. The van der Waals surface area contributed by atoms with E-state index in [-0.39, 0.29) is 54.3 Å². The number of anilines is 3. The molecular formula is C56H73N11O6. The molecule has 3 amide bonds. The van der Waals surface area contributed by atoms with Gasteiger partial charge in [-0.2, -0.15) is 0 Å². The SMILES string of the molecule is C#Cc1ccc(CNC(=O)[C@@H]2C[C@@H](O)CN2C(=O)[C@@H](NC(=O)C2CCC3(CC2)CC(N2CCC(c4cnc(N5CCN(c6cc(-c7ccccc7O)nnc6NCC)CC5)nc4)CC2)C3)C(C)(C)C)c(OC)c1. The lowest BCUT2D eigenvalue weighted by molar-refractivity contribution is -0.145. The third kappa shape index (κ3) is 11.4. The number of nitrogens with zero attached hydrogens (tertiary/aromatic N) is 8. The van der Waals surface area contributed by atoms with Crippen molar-refractivity contribution in [1.82, 2.24) is 40.6 Å². The van der Waals surface area contributed by atoms with Gasteiger partial charge in [-0.15, -0.1) is 16.6 Å². The summed E-state index contributed by atoms with van der Waals surface area (Å²) in [4.78, 5) is 60.3. The number of piperazine rings is 1. The summed E-state index contributed by atoms with van der Waals surface area (Å²) in [6.45, 7) is 13.9. The van der Waals surface area contributed by atoms with E-state index < -0.39 is 23.6 Å². The number of likely N-dealkylation sites (tertiary alicyclic amines) is 2. The van der Waals surface area contributed by atoms with E-state index in [0.717, 1.165) is 120 Å². The Labute approximate surface area is 429 Å². The van der Waals surface area contributed by atoms with Gasteiger partial charge in [0.2, 0.25) is 23.7 Å². The maximum absolute atomic E-state index is 14.3. The molecule has 5 heterocycles. The fourth-order valence-electron chi connectivity index (χ4n) is 11.9. The number of terminal acetylenes is 1. The number of carbonyl (C=O) groups is 3. The first-order valence-electron chi connectivity index (χ1n) is 26.3. The molecule has 1 spiro atoms. The van der Waals surface area contributed by atoms with E-state index in [4.69, 9.17) is 21.1 Å². The molecule has 0 unspecified atom stereocenters. The number of amides is 3. The Kier molecular flexibility index (Phi) is 15.4. The summed E-state index contributed by atoms with van der Waals surface area (Å²) in [7, 11) is 1.54. The van der Waals surface area contributed by atoms with Crippen LogP contribution < -0.4 is 30.5 Å². The van der Waals surface area contributed by atoms with E-state index >= 15 is 0 Å². The average Bonchev–Trinajstić information content (AvgIpc) is 3.80. The lowest BCUT2D eigenvalue weighted by Gasteiger charge is -2.55. The number of hydrogen-bond acceptors (Lipinski definition) is 14. The van der Waals surface area contributed by atoms with Gasteiger partial charge in [-0.05, 0) is 124 Å². The molecule has 73 heavy (non-hydrogen) atoms. The van der Waals surface area contributed by atoms with Gasteiger partial charge < -0.3 is 50.5 Å². The molecule has 4 aromatic rings. The Bertz CT molecular complexity index is 2640. The summed E-state index contributed by atoms with van der Waals surface area (Å²) in [6.07, 6.45) is 16.9. The van der Waals surface area contributed by atoms with Crippen molar-refractivity contribution in [2.75, 3.05) is 74.6 Å². The number of nitrogens with one attached hydrogen (secondary N) is 3. The standard InChI is InChI=1S/C56H73N11O6/c1-7-36-13-14-39(48(27-36)73-6)32-58-52(71)46-28-42(68)35-67(46)53(72)49(55(3,4)5)61-51(70)38-15-19-56(20-16-38)30-41(31-56)64-21-17-37(18-22-64)40-33-59-54(60-34-40)66-25-23-65(24-26-66)45-29-44(62-63-50(45)57-8-2)43-11-9-10-12-47(43)69/h1,9-14,27,29,33-34,37-38,41-42,46,49,68-69H,8,15-26,28,30-32,35H2,2-6H3,(H,57,63)(H,58,71)(H,61,70)/t38?,41?,42-,46+,49-,56?/m1/s1. The Morgan fingerprint density at radius 3 is 2.27 bits per heavy atom. The summed E-state index contributed by atoms with van der Waals surface area (Å²) in [5, 5.41) is 39.5. The van der Waals surface area contributed by atoms with E-state index in [1.165, 1.54) is 17.6 Å². The highest BCUT2D eigenvalue weighted by Gasteiger charge is 2.50. The minimum absolute atomic E-state index is 0.0165. The van der Waals surface area contributed by atoms with Gasteiger partial charge >= 0.3 is 0 Å². The summed E-state index contributed by atoms with van der Waals surface area (Å²) in [5.41, 5.74) is 4.49. The highest BCUT2D eigenvalue weighted by Crippen LogP contribution is 2.55. The minimum Gasteiger partial charge on any atom is -0.507 e. The van der Waals surface area contributed by atoms with E-state index in [9.17, 15) is 24.6 Å². The van der Waals surface area contributed by atoms with Crippen molar-refractivity contribution in [3.8, 4) is 35.1 Å². The van der Waals surface area contributed by atoms with Gasteiger partial charge in [-0.3, -0.25) is 14.4 Å². The maximum atomic E-state index is 14.3. The predicted octanol–water partition coefficient (Wildman–Crippen LogP) is 5.72. The van der Waals surface area contributed by atoms with Crippen molar-refractivity contribution in [2.45, 2.75) is 122 Å². The Hall–Kier alpha value is -6.51. The van der Waals surface area contributed by atoms with Crippen LogP contribution in [0.15, 0.2) is 60.9 Å². The highest BCUT2D eigenvalue weighted by molar-refractivity contribution is 5.93. The fourth-order valence-corrected chi connectivity index (χ4v) is 11.9. The molecule has 9 rings (SSSR count). The zero-order chi connectivity index (χ0) is 51.4. The van der Waals surface area contributed by atoms with Crippen molar-refractivity contribution in [3.63, 3.8) is 0 Å². The van der Waals surface area contributed by atoms with Crippen LogP contribution in [0.1, 0.15) is 108 Å². The molecular weight excluding hydrogens is 923 g/mol. The summed E-state index contributed by atoms with van der Waals surface area (Å²) < 4.78 is 5.48. The number of aliphatic hydroxyl groups excluding tert-OH is 1. The number of phenols is 1. The van der Waals surface area contributed by atoms with Crippen LogP contribution >= 0.6 is 0 Å². The number of aliphatic hydroxyl groups is 1. The van der Waals surface area contributed by atoms with Crippen LogP contribution in [0.4, 0.5) is 17.5 Å². The third-order valence-corrected chi connectivity index (χ3v) is 16.3. The summed E-state index contributed by atoms with van der Waals surface area (Å²) in [6, 6.07) is 13.3. The molecule has 2 saturated carbocycles. The molecule has 2 aliphatic carbocycles. The number of rotatable bonds is 14. The quantitative estimate of drug-likeness (QED) is 0.0962. The number of piperidine rings is 1. The zero-order valence-electron chi connectivity index (χ0n) is 43.1. The highest BCUT2D eigenvalue weighted by atomic mass is 16.5. The van der Waals surface area contributed by atoms with Crippen molar-refractivity contribution in [2.24, 2.45) is 16.7 Å². The van der Waals surface area contributed by atoms with E-state index in [1.54, 1.807) is 30.3 Å². The molecule has 5 fully saturated rings. The van der Waals surface area contributed by atoms with Crippen LogP contribution in [-0.4, -0.2) is 142 Å². The lowest BCUT2D eigenvalue weighted by Crippen LogP contribution is -2.59. The van der Waals surface area contributed by atoms with Crippen molar-refractivity contribution >= 4 is 35.2 Å². The van der Waals surface area contributed by atoms with Crippen molar-refractivity contribution in [3.05, 3.63) is 77.6 Å². The number of carbonyl (C=O) groups excluding carboxylic acids is 3. The van der Waals surface area contributed by atoms with Gasteiger partial charge in [0.05, 0.1) is 24.6 Å². The van der Waals surface area contributed by atoms with Gasteiger partial charge in [-0.25, -0.2) is 9.97 Å². The minimum atomic E-state index is -0.879. The van der Waals surface area contributed by atoms with Gasteiger partial charge in [0, 0.05) is 93.3 Å². The van der Waals surface area contributed by atoms with Crippen molar-refractivity contribution in [1.29, 1.82) is 0 Å². The number of benzene rings is 2. The molecule has 3 saturated heterocycles. The smallest absolute Gasteiger partial charge is 0.246 e. The topological polar surface area (TPSA) is 202 Å². The molecule has 17 heteroatoms. The van der Waals surface area contributed by atoms with Crippen LogP contribution in [0.5, 0.6) is 11.5 Å². The molecule has 3 aliphatic heterocycles. The molecule has 17 nitrogen and oxygen atoms in total. The Balaban J connectivity index is 0.716. The van der Waals surface area contributed by atoms with E-state index in [2.05, 4.69) is 46.8 Å². The molecule has 5 N–H and O–H groups in total. The van der Waals surface area contributed by atoms with Crippen molar-refractivity contribution < 1.29 is 29.3 Å². The van der Waals surface area contributed by atoms with Crippen LogP contribution in [0, 0.1) is 29.1 Å². The molecule has 3 atom stereocenters. The number of aromatic hydroxyl groups is 1. The van der Waals surface area contributed by atoms with Gasteiger partial charge in [0.15, 0.2) is 5.82 Å². The largest absolute Gasteiger partial charge is 0.507 e. The van der Waals surface area contributed by atoms with E-state index in [0.29, 0.717) is 34.5 Å². The first kappa shape index (κ1) is 51.4. The van der Waals surface area contributed by atoms with Crippen LogP contribution in [0.2, 0.25) is 0 Å². The zero-order valence-corrected chi connectivity index (χ0v) is 43.1. The third-order valence-electron chi connectivity index (χ3n) is 16.3. The van der Waals surface area contributed by atoms with Gasteiger partial charge in [0.25, 0.3) is 0 Å². The molecule has 2 aromatic heterocycles. The van der Waals surface area contributed by atoms with Crippen LogP contribution in [0.25, 0.3) is 11.3 Å². The Morgan fingerprint density at radius 1 is 0.918 bits per heavy atom. The Morgan fingerprint density at radius 2 is 1.62 bits per heavy atom. The maximum Gasteiger partial charge on any atom is 0.246 e. The normalized spacial score (nSPS) is 24.1. The average molecular weight is 996 g/mol. The number of para-hydroxylation sites is 1. The fraction of sp³-hybridized carbons (Fsp3) is 0.554. The molecule has 2 aromatic carbocycles. The summed E-state index contributed by atoms with van der Waals surface area (Å²) >= 11 is 0.